The topological polar surface area (TPSA) is 47.6 Å². The standard InChI is InChI=1S/C10H21NO3S/c1-13-4-5-14-3-2-6-15(12)9-10-7-11-8-10/h10-11H,2-9H2,1H3. The van der Waals surface area contributed by atoms with Gasteiger partial charge in [-0.2, -0.15) is 0 Å². The van der Waals surface area contributed by atoms with Crippen LogP contribution in [-0.4, -0.2) is 55.7 Å². The van der Waals surface area contributed by atoms with Gasteiger partial charge in [0.1, 0.15) is 0 Å². The highest BCUT2D eigenvalue weighted by Gasteiger charge is 2.18. The first-order valence-corrected chi connectivity index (χ1v) is 6.94. The molecule has 0 radical (unpaired) electrons. The summed E-state index contributed by atoms with van der Waals surface area (Å²) >= 11 is 0. The van der Waals surface area contributed by atoms with Crippen LogP contribution in [0, 0.1) is 5.92 Å². The first-order valence-electron chi connectivity index (χ1n) is 5.45. The van der Waals surface area contributed by atoms with Crippen molar-refractivity contribution in [1.82, 2.24) is 5.32 Å². The molecule has 1 heterocycles. The Morgan fingerprint density at radius 2 is 2.13 bits per heavy atom. The summed E-state index contributed by atoms with van der Waals surface area (Å²) in [7, 11) is 1.00. The van der Waals surface area contributed by atoms with Gasteiger partial charge < -0.3 is 14.8 Å². The van der Waals surface area contributed by atoms with Gasteiger partial charge in [-0.15, -0.1) is 0 Å². The molecular weight excluding hydrogens is 214 g/mol. The lowest BCUT2D eigenvalue weighted by atomic mass is 10.1. The fourth-order valence-electron chi connectivity index (χ4n) is 1.38. The van der Waals surface area contributed by atoms with E-state index in [2.05, 4.69) is 5.32 Å². The summed E-state index contributed by atoms with van der Waals surface area (Å²) in [5.41, 5.74) is 0. The molecule has 1 aliphatic rings. The molecule has 0 aromatic heterocycles. The molecule has 1 atom stereocenters. The van der Waals surface area contributed by atoms with Gasteiger partial charge in [0.2, 0.25) is 0 Å². The van der Waals surface area contributed by atoms with E-state index in [1.807, 2.05) is 0 Å². The van der Waals surface area contributed by atoms with Crippen LogP contribution >= 0.6 is 0 Å². The number of rotatable bonds is 9. The number of hydrogen-bond donors (Lipinski definition) is 1. The molecule has 1 fully saturated rings. The Labute approximate surface area is 94.2 Å². The van der Waals surface area contributed by atoms with Gasteiger partial charge in [0.15, 0.2) is 0 Å². The summed E-state index contributed by atoms with van der Waals surface area (Å²) in [6.45, 7) is 4.04. The monoisotopic (exact) mass is 235 g/mol. The number of ether oxygens (including phenoxy) is 2. The smallest absolute Gasteiger partial charge is 0.0700 e. The Bertz CT molecular complexity index is 186. The van der Waals surface area contributed by atoms with E-state index in [1.54, 1.807) is 7.11 Å². The molecule has 0 spiro atoms. The van der Waals surface area contributed by atoms with Crippen molar-refractivity contribution in [1.29, 1.82) is 0 Å². The zero-order valence-electron chi connectivity index (χ0n) is 9.37. The van der Waals surface area contributed by atoms with Gasteiger partial charge in [-0.1, -0.05) is 0 Å². The second-order valence-electron chi connectivity index (χ2n) is 3.79. The Hall–Kier alpha value is 0.0300. The third-order valence-corrected chi connectivity index (χ3v) is 3.97. The molecule has 15 heavy (non-hydrogen) atoms. The quantitative estimate of drug-likeness (QED) is 0.572. The maximum Gasteiger partial charge on any atom is 0.0700 e. The highest BCUT2D eigenvalue weighted by atomic mass is 32.2. The van der Waals surface area contributed by atoms with Crippen molar-refractivity contribution in [2.75, 3.05) is 51.5 Å². The summed E-state index contributed by atoms with van der Waals surface area (Å²) < 4.78 is 21.7. The van der Waals surface area contributed by atoms with Crippen LogP contribution in [0.2, 0.25) is 0 Å². The fraction of sp³-hybridized carbons (Fsp3) is 1.00. The lowest BCUT2D eigenvalue weighted by Crippen LogP contribution is -2.45. The van der Waals surface area contributed by atoms with E-state index >= 15 is 0 Å². The van der Waals surface area contributed by atoms with E-state index in [0.29, 0.717) is 25.7 Å². The predicted molar refractivity (Wildman–Crippen MR) is 61.5 cm³/mol. The minimum Gasteiger partial charge on any atom is -0.382 e. The highest BCUT2D eigenvalue weighted by Crippen LogP contribution is 2.05. The van der Waals surface area contributed by atoms with Crippen molar-refractivity contribution in [3.63, 3.8) is 0 Å². The summed E-state index contributed by atoms with van der Waals surface area (Å²) in [5.74, 6) is 2.26. The van der Waals surface area contributed by atoms with Crippen LogP contribution < -0.4 is 5.32 Å². The predicted octanol–water partition coefficient (Wildman–Crippen LogP) is 0.00760. The van der Waals surface area contributed by atoms with Crippen molar-refractivity contribution >= 4 is 10.8 Å². The molecule has 0 aromatic carbocycles. The van der Waals surface area contributed by atoms with Gasteiger partial charge in [-0.3, -0.25) is 4.21 Å². The van der Waals surface area contributed by atoms with E-state index in [-0.39, 0.29) is 0 Å². The van der Waals surface area contributed by atoms with Crippen LogP contribution in [0.4, 0.5) is 0 Å². The molecule has 4 nitrogen and oxygen atoms in total. The second kappa shape index (κ2) is 8.21. The molecule has 0 bridgehead atoms. The Kier molecular flexibility index (Phi) is 7.17. The van der Waals surface area contributed by atoms with Crippen LogP contribution in [0.1, 0.15) is 6.42 Å². The van der Waals surface area contributed by atoms with Crippen LogP contribution in [0.25, 0.3) is 0 Å². The third kappa shape index (κ3) is 6.25. The van der Waals surface area contributed by atoms with Gasteiger partial charge in [0, 0.05) is 49.1 Å². The molecule has 1 unspecified atom stereocenters. The molecule has 90 valence electrons. The molecule has 0 aliphatic carbocycles. The van der Waals surface area contributed by atoms with E-state index in [1.165, 1.54) is 0 Å². The molecule has 0 saturated carbocycles. The van der Waals surface area contributed by atoms with E-state index in [0.717, 1.165) is 31.0 Å². The molecule has 5 heteroatoms. The summed E-state index contributed by atoms with van der Waals surface area (Å²) in [4.78, 5) is 0. The zero-order chi connectivity index (χ0) is 10.9. The number of hydrogen-bond acceptors (Lipinski definition) is 4. The summed E-state index contributed by atoms with van der Waals surface area (Å²) in [6.07, 6.45) is 0.885. The average Bonchev–Trinajstić information content (AvgIpc) is 2.17. The van der Waals surface area contributed by atoms with Gasteiger partial charge in [-0.05, 0) is 12.3 Å². The van der Waals surface area contributed by atoms with Crippen molar-refractivity contribution in [3.8, 4) is 0 Å². The Morgan fingerprint density at radius 1 is 1.33 bits per heavy atom. The zero-order valence-corrected chi connectivity index (χ0v) is 10.2. The average molecular weight is 235 g/mol. The third-order valence-electron chi connectivity index (χ3n) is 2.38. The second-order valence-corrected chi connectivity index (χ2v) is 5.41. The van der Waals surface area contributed by atoms with Crippen molar-refractivity contribution in [3.05, 3.63) is 0 Å². The largest absolute Gasteiger partial charge is 0.382 e. The first kappa shape index (κ1) is 13.1. The molecule has 0 aromatic rings. The highest BCUT2D eigenvalue weighted by molar-refractivity contribution is 7.84. The van der Waals surface area contributed by atoms with Crippen LogP contribution in [-0.2, 0) is 20.3 Å². The normalized spacial score (nSPS) is 18.7. The maximum absolute atomic E-state index is 11.5. The van der Waals surface area contributed by atoms with Crippen LogP contribution in [0.15, 0.2) is 0 Å². The van der Waals surface area contributed by atoms with Gasteiger partial charge in [0.05, 0.1) is 13.2 Å². The Balaban J connectivity index is 1.83. The summed E-state index contributed by atoms with van der Waals surface area (Å²) in [6, 6.07) is 0. The van der Waals surface area contributed by atoms with Crippen LogP contribution in [0.5, 0.6) is 0 Å². The fourth-order valence-corrected chi connectivity index (χ4v) is 2.75. The molecule has 1 saturated heterocycles. The maximum atomic E-state index is 11.5. The van der Waals surface area contributed by atoms with Crippen molar-refractivity contribution < 1.29 is 13.7 Å². The first-order chi connectivity index (χ1) is 7.33. The Morgan fingerprint density at radius 3 is 2.73 bits per heavy atom. The van der Waals surface area contributed by atoms with Gasteiger partial charge >= 0.3 is 0 Å². The molecule has 0 amide bonds. The molecule has 1 aliphatic heterocycles. The van der Waals surface area contributed by atoms with E-state index < -0.39 is 10.8 Å². The van der Waals surface area contributed by atoms with Crippen molar-refractivity contribution in [2.24, 2.45) is 5.92 Å². The summed E-state index contributed by atoms with van der Waals surface area (Å²) in [5, 5.41) is 3.18. The minimum absolute atomic E-state index is 0.635. The van der Waals surface area contributed by atoms with E-state index in [9.17, 15) is 4.21 Å². The van der Waals surface area contributed by atoms with Crippen molar-refractivity contribution in [2.45, 2.75) is 6.42 Å². The number of nitrogens with one attached hydrogen (secondary N) is 1. The van der Waals surface area contributed by atoms with Gasteiger partial charge in [0.25, 0.3) is 0 Å². The van der Waals surface area contributed by atoms with E-state index in [4.69, 9.17) is 9.47 Å². The molecular formula is C10H21NO3S. The lowest BCUT2D eigenvalue weighted by molar-refractivity contribution is 0.0713. The molecule has 1 N–H and O–H groups in total. The van der Waals surface area contributed by atoms with Crippen LogP contribution in [0.3, 0.4) is 0 Å². The lowest BCUT2D eigenvalue weighted by Gasteiger charge is -2.26. The molecule has 1 rings (SSSR count). The SMILES string of the molecule is COCCOCCCS(=O)CC1CNC1. The van der Waals surface area contributed by atoms with Gasteiger partial charge in [-0.25, -0.2) is 0 Å². The number of methoxy groups -OCH3 is 1. The minimum atomic E-state index is -0.657.